The number of rotatable bonds is 3. The molecule has 19 heavy (non-hydrogen) atoms. The van der Waals surface area contributed by atoms with Crippen LogP contribution in [0.5, 0.6) is 0 Å². The van der Waals surface area contributed by atoms with Crippen molar-refractivity contribution in [2.75, 3.05) is 5.73 Å². The predicted molar refractivity (Wildman–Crippen MR) is 78.7 cm³/mol. The van der Waals surface area contributed by atoms with Crippen LogP contribution in [0.25, 0.3) is 0 Å². The van der Waals surface area contributed by atoms with Gasteiger partial charge in [-0.05, 0) is 46.3 Å². The molecule has 100 valence electrons. The van der Waals surface area contributed by atoms with Crippen LogP contribution in [0.3, 0.4) is 0 Å². The van der Waals surface area contributed by atoms with Crippen molar-refractivity contribution in [2.45, 2.75) is 10.6 Å². The lowest BCUT2D eigenvalue weighted by atomic mass is 10.3. The SMILES string of the molecule is Nc1ccc(Cl)c(S(=O)(=O)Cc2ccc(Br)cn2)c1. The van der Waals surface area contributed by atoms with Crippen molar-refractivity contribution in [3.8, 4) is 0 Å². The zero-order valence-corrected chi connectivity index (χ0v) is 12.8. The summed E-state index contributed by atoms with van der Waals surface area (Å²) in [6, 6.07) is 7.76. The van der Waals surface area contributed by atoms with E-state index >= 15 is 0 Å². The zero-order chi connectivity index (χ0) is 14.0. The lowest BCUT2D eigenvalue weighted by Gasteiger charge is -2.07. The van der Waals surface area contributed by atoms with Crippen molar-refractivity contribution >= 4 is 43.1 Å². The van der Waals surface area contributed by atoms with E-state index in [2.05, 4.69) is 20.9 Å². The second-order valence-corrected chi connectivity index (χ2v) is 7.20. The molecule has 0 aliphatic carbocycles. The van der Waals surface area contributed by atoms with Gasteiger partial charge in [0.1, 0.15) is 0 Å². The van der Waals surface area contributed by atoms with Gasteiger partial charge in [-0.2, -0.15) is 0 Å². The van der Waals surface area contributed by atoms with E-state index in [-0.39, 0.29) is 15.7 Å². The molecule has 0 fully saturated rings. The van der Waals surface area contributed by atoms with Gasteiger partial charge in [0.25, 0.3) is 0 Å². The zero-order valence-electron chi connectivity index (χ0n) is 9.68. The Hall–Kier alpha value is -1.11. The summed E-state index contributed by atoms with van der Waals surface area (Å²) in [4.78, 5) is 4.07. The van der Waals surface area contributed by atoms with Crippen LogP contribution in [-0.2, 0) is 15.6 Å². The quantitative estimate of drug-likeness (QED) is 0.853. The van der Waals surface area contributed by atoms with Crippen LogP contribution in [0.15, 0.2) is 45.9 Å². The lowest BCUT2D eigenvalue weighted by Crippen LogP contribution is -2.07. The maximum absolute atomic E-state index is 12.3. The van der Waals surface area contributed by atoms with Gasteiger partial charge in [-0.25, -0.2) is 8.42 Å². The Bertz CT molecular complexity index is 702. The number of anilines is 1. The summed E-state index contributed by atoms with van der Waals surface area (Å²) in [6.45, 7) is 0. The third-order valence-corrected chi connectivity index (χ3v) is 5.01. The van der Waals surface area contributed by atoms with Crippen molar-refractivity contribution in [2.24, 2.45) is 0 Å². The summed E-state index contributed by atoms with van der Waals surface area (Å²) in [5, 5.41) is 0.159. The number of sulfone groups is 1. The fraction of sp³-hybridized carbons (Fsp3) is 0.0833. The minimum Gasteiger partial charge on any atom is -0.399 e. The molecular weight excluding hydrogens is 352 g/mol. The second-order valence-electron chi connectivity index (χ2n) is 3.92. The van der Waals surface area contributed by atoms with Gasteiger partial charge in [0.15, 0.2) is 9.84 Å². The molecule has 0 aliphatic heterocycles. The number of nitrogen functional groups attached to an aromatic ring is 1. The number of nitrogens with two attached hydrogens (primary N) is 1. The summed E-state index contributed by atoms with van der Waals surface area (Å²) in [5.41, 5.74) is 6.39. The first-order valence-corrected chi connectivity index (χ1v) is 8.09. The Morgan fingerprint density at radius 1 is 1.26 bits per heavy atom. The first-order chi connectivity index (χ1) is 8.88. The summed E-state index contributed by atoms with van der Waals surface area (Å²) < 4.78 is 25.3. The van der Waals surface area contributed by atoms with Crippen molar-refractivity contribution in [3.05, 3.63) is 51.7 Å². The molecule has 2 N–H and O–H groups in total. The molecular formula is C12H10BrClN2O2S. The third-order valence-electron chi connectivity index (χ3n) is 2.42. The Balaban J connectivity index is 2.37. The summed E-state index contributed by atoms with van der Waals surface area (Å²) in [7, 11) is -3.57. The first-order valence-electron chi connectivity index (χ1n) is 5.27. The highest BCUT2D eigenvalue weighted by Gasteiger charge is 2.19. The minimum absolute atomic E-state index is 0.0267. The molecule has 0 spiro atoms. The topological polar surface area (TPSA) is 73.1 Å². The van der Waals surface area contributed by atoms with Crippen LogP contribution in [0.1, 0.15) is 5.69 Å². The Labute approximate surface area is 124 Å². The van der Waals surface area contributed by atoms with E-state index in [4.69, 9.17) is 17.3 Å². The normalized spacial score (nSPS) is 11.5. The van der Waals surface area contributed by atoms with Crippen LogP contribution >= 0.6 is 27.5 Å². The van der Waals surface area contributed by atoms with E-state index in [1.807, 2.05) is 0 Å². The van der Waals surface area contributed by atoms with Crippen molar-refractivity contribution in [1.29, 1.82) is 0 Å². The number of benzene rings is 1. The number of hydrogen-bond donors (Lipinski definition) is 1. The smallest absolute Gasteiger partial charge is 0.185 e. The summed E-state index contributed by atoms with van der Waals surface area (Å²) in [6.07, 6.45) is 1.55. The Morgan fingerprint density at radius 3 is 2.63 bits per heavy atom. The first kappa shape index (κ1) is 14.3. The van der Waals surface area contributed by atoms with E-state index in [1.54, 1.807) is 24.4 Å². The molecule has 4 nitrogen and oxygen atoms in total. The Morgan fingerprint density at radius 2 is 2.00 bits per heavy atom. The lowest BCUT2D eigenvalue weighted by molar-refractivity contribution is 0.594. The van der Waals surface area contributed by atoms with Crippen LogP contribution < -0.4 is 5.73 Å². The maximum atomic E-state index is 12.3. The molecule has 2 rings (SSSR count). The fourth-order valence-corrected chi connectivity index (χ4v) is 3.62. The third kappa shape index (κ3) is 3.46. The molecule has 0 bridgehead atoms. The van der Waals surface area contributed by atoms with Gasteiger partial charge in [-0.15, -0.1) is 0 Å². The van der Waals surface area contributed by atoms with Crippen LogP contribution in [-0.4, -0.2) is 13.4 Å². The molecule has 0 saturated heterocycles. The molecule has 1 heterocycles. The number of aromatic nitrogens is 1. The van der Waals surface area contributed by atoms with Crippen LogP contribution in [0.4, 0.5) is 5.69 Å². The van der Waals surface area contributed by atoms with Gasteiger partial charge < -0.3 is 5.73 Å². The Kier molecular flexibility index (Phi) is 4.13. The maximum Gasteiger partial charge on any atom is 0.185 e. The minimum atomic E-state index is -3.57. The number of nitrogens with zero attached hydrogens (tertiary/aromatic N) is 1. The van der Waals surface area contributed by atoms with Gasteiger partial charge in [0.2, 0.25) is 0 Å². The highest BCUT2D eigenvalue weighted by molar-refractivity contribution is 9.10. The number of pyridine rings is 1. The van der Waals surface area contributed by atoms with Gasteiger partial charge in [0, 0.05) is 16.4 Å². The summed E-state index contributed by atoms with van der Waals surface area (Å²) in [5.74, 6) is -0.219. The van der Waals surface area contributed by atoms with Crippen LogP contribution in [0, 0.1) is 0 Å². The predicted octanol–water partition coefficient (Wildman–Crippen LogP) is 3.05. The summed E-state index contributed by atoms with van der Waals surface area (Å²) >= 11 is 9.15. The highest BCUT2D eigenvalue weighted by Crippen LogP contribution is 2.26. The van der Waals surface area contributed by atoms with Gasteiger partial charge >= 0.3 is 0 Å². The molecule has 0 saturated carbocycles. The molecule has 0 unspecified atom stereocenters. The van der Waals surface area contributed by atoms with E-state index in [9.17, 15) is 8.42 Å². The van der Waals surface area contributed by atoms with Crippen LogP contribution in [0.2, 0.25) is 5.02 Å². The molecule has 7 heteroatoms. The van der Waals surface area contributed by atoms with E-state index in [1.165, 1.54) is 12.1 Å². The monoisotopic (exact) mass is 360 g/mol. The van der Waals surface area contributed by atoms with Crippen molar-refractivity contribution in [1.82, 2.24) is 4.98 Å². The molecule has 0 radical (unpaired) electrons. The van der Waals surface area contributed by atoms with E-state index in [0.717, 1.165) is 4.47 Å². The molecule has 0 aliphatic rings. The number of halogens is 2. The second kappa shape index (κ2) is 5.48. The average molecular weight is 362 g/mol. The van der Waals surface area contributed by atoms with E-state index in [0.29, 0.717) is 11.4 Å². The fourth-order valence-electron chi connectivity index (χ4n) is 1.52. The molecule has 0 atom stereocenters. The van der Waals surface area contributed by atoms with E-state index < -0.39 is 9.84 Å². The molecule has 1 aromatic carbocycles. The van der Waals surface area contributed by atoms with Crippen molar-refractivity contribution < 1.29 is 8.42 Å². The van der Waals surface area contributed by atoms with Gasteiger partial charge in [0.05, 0.1) is 21.4 Å². The average Bonchev–Trinajstić information content (AvgIpc) is 2.35. The standard InChI is InChI=1S/C12H10BrClN2O2S/c13-8-1-3-10(16-6-8)7-19(17,18)12-5-9(15)2-4-11(12)14/h1-6H,7,15H2. The van der Waals surface area contributed by atoms with Crippen molar-refractivity contribution in [3.63, 3.8) is 0 Å². The van der Waals surface area contributed by atoms with Gasteiger partial charge in [-0.1, -0.05) is 11.6 Å². The molecule has 0 amide bonds. The number of hydrogen-bond acceptors (Lipinski definition) is 4. The molecule has 2 aromatic rings. The largest absolute Gasteiger partial charge is 0.399 e. The molecule has 1 aromatic heterocycles. The highest BCUT2D eigenvalue weighted by atomic mass is 79.9. The van der Waals surface area contributed by atoms with Gasteiger partial charge in [-0.3, -0.25) is 4.98 Å².